The van der Waals surface area contributed by atoms with Crippen molar-refractivity contribution in [3.8, 4) is 0 Å². The lowest BCUT2D eigenvalue weighted by atomic mass is 10.0. The van der Waals surface area contributed by atoms with E-state index >= 15 is 0 Å². The molecule has 0 aliphatic rings. The monoisotopic (exact) mass is 155 g/mol. The summed E-state index contributed by atoms with van der Waals surface area (Å²) in [6.45, 7) is 6.82. The van der Waals surface area contributed by atoms with Gasteiger partial charge < -0.3 is 0 Å². The molecule has 1 radical (unpaired) electrons. The summed E-state index contributed by atoms with van der Waals surface area (Å²) in [6, 6.07) is 0. The van der Waals surface area contributed by atoms with Crippen LogP contribution in [0.25, 0.3) is 0 Å². The Labute approximate surface area is 72.4 Å². The first-order valence-electron chi connectivity index (χ1n) is 5.09. The first kappa shape index (κ1) is 11.0. The smallest absolute Gasteiger partial charge is 0.0383 e. The van der Waals surface area contributed by atoms with E-state index in [1.54, 1.807) is 0 Å². The molecular formula is C11H23. The molecule has 0 spiro atoms. The van der Waals surface area contributed by atoms with Gasteiger partial charge in [-0.15, -0.1) is 0 Å². The van der Waals surface area contributed by atoms with Gasteiger partial charge >= 0.3 is 0 Å². The Kier molecular flexibility index (Phi) is 8.10. The molecule has 0 aromatic rings. The van der Waals surface area contributed by atoms with Crippen molar-refractivity contribution in [1.82, 2.24) is 0 Å². The van der Waals surface area contributed by atoms with Crippen LogP contribution in [0.3, 0.4) is 0 Å². The van der Waals surface area contributed by atoms with Crippen molar-refractivity contribution >= 4 is 0 Å². The van der Waals surface area contributed by atoms with Crippen LogP contribution >= 0.6 is 0 Å². The van der Waals surface area contributed by atoms with Gasteiger partial charge in [-0.25, -0.2) is 0 Å². The van der Waals surface area contributed by atoms with Crippen molar-refractivity contribution in [3.05, 3.63) is 6.42 Å². The number of unbranched alkanes of at least 4 members (excludes halogenated alkanes) is 5. The Bertz CT molecular complexity index is 64.4. The zero-order valence-electron chi connectivity index (χ0n) is 8.40. The Hall–Kier alpha value is 0. The fourth-order valence-electron chi connectivity index (χ4n) is 1.17. The average molecular weight is 155 g/mol. The van der Waals surface area contributed by atoms with E-state index < -0.39 is 0 Å². The quantitative estimate of drug-likeness (QED) is 0.483. The van der Waals surface area contributed by atoms with Crippen molar-refractivity contribution < 1.29 is 0 Å². The van der Waals surface area contributed by atoms with Gasteiger partial charge in [-0.1, -0.05) is 52.9 Å². The van der Waals surface area contributed by atoms with Crippen LogP contribution in [0.4, 0.5) is 0 Å². The summed E-state index contributed by atoms with van der Waals surface area (Å²) < 4.78 is 0. The summed E-state index contributed by atoms with van der Waals surface area (Å²) >= 11 is 0. The molecule has 0 N–H and O–H groups in total. The highest BCUT2D eigenvalue weighted by molar-refractivity contribution is 4.66. The molecule has 0 rings (SSSR count). The summed E-state index contributed by atoms with van der Waals surface area (Å²) in [4.78, 5) is 0. The molecule has 0 heterocycles. The molecule has 0 aliphatic heterocycles. The summed E-state index contributed by atoms with van der Waals surface area (Å²) in [6.07, 6.45) is 10.7. The normalized spacial score (nSPS) is 10.9. The summed E-state index contributed by atoms with van der Waals surface area (Å²) in [7, 11) is 0. The van der Waals surface area contributed by atoms with Crippen LogP contribution in [0.15, 0.2) is 0 Å². The molecule has 0 aromatic carbocycles. The molecule has 0 heteroatoms. The third kappa shape index (κ3) is 10.0. The zero-order chi connectivity index (χ0) is 8.53. The average Bonchev–Trinajstić information content (AvgIpc) is 1.96. The standard InChI is InChI=1S/C11H23/c1-4-5-6-7-8-9-10-11(2)3/h9,11H,4-8,10H2,1-3H3. The summed E-state index contributed by atoms with van der Waals surface area (Å²) in [5.41, 5.74) is 0. The van der Waals surface area contributed by atoms with Gasteiger partial charge in [-0.05, 0) is 18.8 Å². The number of hydrogen-bond acceptors (Lipinski definition) is 0. The summed E-state index contributed by atoms with van der Waals surface area (Å²) in [5, 5.41) is 0. The van der Waals surface area contributed by atoms with E-state index in [2.05, 4.69) is 27.2 Å². The van der Waals surface area contributed by atoms with E-state index in [4.69, 9.17) is 0 Å². The largest absolute Gasteiger partial charge is 0.0654 e. The van der Waals surface area contributed by atoms with Gasteiger partial charge in [0.2, 0.25) is 0 Å². The first-order valence-corrected chi connectivity index (χ1v) is 5.09. The lowest BCUT2D eigenvalue weighted by Gasteiger charge is -2.02. The molecule has 67 valence electrons. The van der Waals surface area contributed by atoms with Crippen molar-refractivity contribution in [2.75, 3.05) is 0 Å². The fourth-order valence-corrected chi connectivity index (χ4v) is 1.17. The van der Waals surface area contributed by atoms with Gasteiger partial charge in [0.25, 0.3) is 0 Å². The highest BCUT2D eigenvalue weighted by atomic mass is 14.0. The molecule has 0 unspecified atom stereocenters. The molecule has 0 bridgehead atoms. The fraction of sp³-hybridized carbons (Fsp3) is 0.909. The molecule has 0 saturated heterocycles. The highest BCUT2D eigenvalue weighted by Gasteiger charge is 1.93. The molecule has 0 fully saturated rings. The van der Waals surface area contributed by atoms with Gasteiger partial charge in [0.15, 0.2) is 0 Å². The van der Waals surface area contributed by atoms with Crippen LogP contribution in [0.5, 0.6) is 0 Å². The number of rotatable bonds is 7. The number of hydrogen-bond donors (Lipinski definition) is 0. The van der Waals surface area contributed by atoms with Crippen molar-refractivity contribution in [3.63, 3.8) is 0 Å². The minimum absolute atomic E-state index is 0.848. The highest BCUT2D eigenvalue weighted by Crippen LogP contribution is 2.09. The van der Waals surface area contributed by atoms with E-state index in [9.17, 15) is 0 Å². The molecule has 0 aliphatic carbocycles. The lowest BCUT2D eigenvalue weighted by Crippen LogP contribution is -1.87. The maximum absolute atomic E-state index is 2.44. The van der Waals surface area contributed by atoms with E-state index in [1.807, 2.05) is 0 Å². The third-order valence-electron chi connectivity index (χ3n) is 1.90. The van der Waals surface area contributed by atoms with Crippen LogP contribution in [-0.2, 0) is 0 Å². The molecule has 0 atom stereocenters. The molecule has 11 heavy (non-hydrogen) atoms. The van der Waals surface area contributed by atoms with Gasteiger partial charge in [-0.2, -0.15) is 0 Å². The second-order valence-electron chi connectivity index (χ2n) is 3.77. The van der Waals surface area contributed by atoms with Crippen molar-refractivity contribution in [1.29, 1.82) is 0 Å². The van der Waals surface area contributed by atoms with Gasteiger partial charge in [0.05, 0.1) is 0 Å². The molecule has 0 nitrogen and oxygen atoms in total. The van der Waals surface area contributed by atoms with E-state index in [0.717, 1.165) is 5.92 Å². The van der Waals surface area contributed by atoms with Gasteiger partial charge in [-0.3, -0.25) is 0 Å². The van der Waals surface area contributed by atoms with Crippen LogP contribution in [0, 0.1) is 12.3 Å². The van der Waals surface area contributed by atoms with E-state index in [0.29, 0.717) is 0 Å². The maximum atomic E-state index is 2.44. The third-order valence-corrected chi connectivity index (χ3v) is 1.90. The molecule has 0 aromatic heterocycles. The lowest BCUT2D eigenvalue weighted by molar-refractivity contribution is 0.592. The second kappa shape index (κ2) is 8.10. The van der Waals surface area contributed by atoms with Crippen molar-refractivity contribution in [2.45, 2.75) is 59.3 Å². The molecular weight excluding hydrogens is 132 g/mol. The maximum Gasteiger partial charge on any atom is -0.0383 e. The Balaban J connectivity index is 2.80. The van der Waals surface area contributed by atoms with Gasteiger partial charge in [0.1, 0.15) is 0 Å². The predicted molar refractivity (Wildman–Crippen MR) is 52.5 cm³/mol. The minimum atomic E-state index is 0.848. The summed E-state index contributed by atoms with van der Waals surface area (Å²) in [5.74, 6) is 0.848. The first-order chi connectivity index (χ1) is 5.27. The van der Waals surface area contributed by atoms with E-state index in [1.165, 1.54) is 38.5 Å². The minimum Gasteiger partial charge on any atom is -0.0654 e. The van der Waals surface area contributed by atoms with Crippen LogP contribution in [0.1, 0.15) is 59.3 Å². The molecule has 0 amide bonds. The topological polar surface area (TPSA) is 0 Å². The van der Waals surface area contributed by atoms with Crippen LogP contribution in [0.2, 0.25) is 0 Å². The Morgan fingerprint density at radius 3 is 2.36 bits per heavy atom. The molecule has 0 saturated carbocycles. The Morgan fingerprint density at radius 2 is 1.82 bits per heavy atom. The van der Waals surface area contributed by atoms with Crippen LogP contribution < -0.4 is 0 Å². The van der Waals surface area contributed by atoms with E-state index in [-0.39, 0.29) is 0 Å². The van der Waals surface area contributed by atoms with Crippen molar-refractivity contribution in [2.24, 2.45) is 5.92 Å². The SMILES string of the molecule is CCCCCC[CH]CC(C)C. The predicted octanol–water partition coefficient (Wildman–Crippen LogP) is 4.21. The Morgan fingerprint density at radius 1 is 1.09 bits per heavy atom. The van der Waals surface area contributed by atoms with Gasteiger partial charge in [0, 0.05) is 0 Å². The second-order valence-corrected chi connectivity index (χ2v) is 3.77. The zero-order valence-corrected chi connectivity index (χ0v) is 8.40. The van der Waals surface area contributed by atoms with Crippen LogP contribution in [-0.4, -0.2) is 0 Å².